The number of rotatable bonds is 4. The van der Waals surface area contributed by atoms with Gasteiger partial charge in [-0.25, -0.2) is 0 Å². The van der Waals surface area contributed by atoms with Crippen molar-refractivity contribution in [3.63, 3.8) is 0 Å². The van der Waals surface area contributed by atoms with Crippen LogP contribution in [0.5, 0.6) is 0 Å². The quantitative estimate of drug-likeness (QED) is 0.907. The molecule has 0 aliphatic heterocycles. The third kappa shape index (κ3) is 2.98. The molecule has 1 aromatic rings. The van der Waals surface area contributed by atoms with Gasteiger partial charge in [0.1, 0.15) is 6.10 Å². The minimum Gasteiger partial charge on any atom is -0.373 e. The number of hydrogen-bond donors (Lipinski definition) is 1. The largest absolute Gasteiger partial charge is 0.373 e. The number of nitrogens with two attached hydrogens (primary N) is 1. The van der Waals surface area contributed by atoms with Crippen molar-refractivity contribution < 1.29 is 9.26 Å². The smallest absolute Gasteiger partial charge is 0.230 e. The lowest BCUT2D eigenvalue weighted by Gasteiger charge is -2.26. The average Bonchev–Trinajstić information content (AvgIpc) is 2.94. The molecule has 19 heavy (non-hydrogen) atoms. The topological polar surface area (TPSA) is 74.2 Å². The molecule has 3 unspecified atom stereocenters. The average molecular weight is 267 g/mol. The normalized spacial score (nSPS) is 25.7. The first-order valence-corrected chi connectivity index (χ1v) is 7.03. The summed E-state index contributed by atoms with van der Waals surface area (Å²) in [6.45, 7) is 7.01. The fourth-order valence-electron chi connectivity index (χ4n) is 2.99. The predicted octanol–water partition coefficient (Wildman–Crippen LogP) is 2.65. The molecular formula is C14H25N3O2. The maximum absolute atomic E-state index is 5.81. The van der Waals surface area contributed by atoms with Crippen molar-refractivity contribution in [3.05, 3.63) is 11.7 Å². The molecule has 0 saturated heterocycles. The van der Waals surface area contributed by atoms with Gasteiger partial charge in [0, 0.05) is 13.0 Å². The van der Waals surface area contributed by atoms with Gasteiger partial charge in [-0.1, -0.05) is 32.3 Å². The van der Waals surface area contributed by atoms with E-state index in [1.54, 1.807) is 7.11 Å². The number of ether oxygens (including phenoxy) is 1. The van der Waals surface area contributed by atoms with Crippen molar-refractivity contribution in [1.29, 1.82) is 0 Å². The summed E-state index contributed by atoms with van der Waals surface area (Å²) >= 11 is 0. The van der Waals surface area contributed by atoms with E-state index in [4.69, 9.17) is 15.0 Å². The van der Waals surface area contributed by atoms with Gasteiger partial charge in [0.15, 0.2) is 0 Å². The van der Waals surface area contributed by atoms with Gasteiger partial charge < -0.3 is 15.0 Å². The second-order valence-electron chi connectivity index (χ2n) is 6.51. The van der Waals surface area contributed by atoms with Gasteiger partial charge in [-0.3, -0.25) is 0 Å². The molecule has 5 heteroatoms. The van der Waals surface area contributed by atoms with E-state index in [0.717, 1.165) is 18.7 Å². The van der Waals surface area contributed by atoms with E-state index < -0.39 is 0 Å². The SMILES string of the molecule is COC(c1noc(C2CCCC2CN)n1)C(C)(C)C. The van der Waals surface area contributed by atoms with E-state index in [9.17, 15) is 0 Å². The lowest BCUT2D eigenvalue weighted by Crippen LogP contribution is -2.21. The van der Waals surface area contributed by atoms with E-state index in [-0.39, 0.29) is 11.5 Å². The Balaban J connectivity index is 2.19. The van der Waals surface area contributed by atoms with Gasteiger partial charge >= 0.3 is 0 Å². The van der Waals surface area contributed by atoms with Gasteiger partial charge in [0.25, 0.3) is 0 Å². The number of methoxy groups -OCH3 is 1. The van der Waals surface area contributed by atoms with Gasteiger partial charge in [0.05, 0.1) is 0 Å². The standard InChI is InChI=1S/C14H25N3O2/c1-14(2,3)11(18-4)12-16-13(19-17-12)10-7-5-6-9(10)8-15/h9-11H,5-8,15H2,1-4H3. The molecule has 1 aromatic heterocycles. The number of nitrogens with zero attached hydrogens (tertiary/aromatic N) is 2. The zero-order valence-corrected chi connectivity index (χ0v) is 12.3. The molecule has 1 fully saturated rings. The van der Waals surface area contributed by atoms with Gasteiger partial charge in [-0.2, -0.15) is 4.98 Å². The molecule has 1 heterocycles. The van der Waals surface area contributed by atoms with E-state index in [0.29, 0.717) is 24.2 Å². The van der Waals surface area contributed by atoms with Crippen molar-refractivity contribution in [1.82, 2.24) is 10.1 Å². The Morgan fingerprint density at radius 3 is 2.74 bits per heavy atom. The summed E-state index contributed by atoms with van der Waals surface area (Å²) in [5, 5.41) is 4.12. The van der Waals surface area contributed by atoms with Gasteiger partial charge in [0.2, 0.25) is 11.7 Å². The van der Waals surface area contributed by atoms with Crippen LogP contribution in [-0.4, -0.2) is 23.8 Å². The van der Waals surface area contributed by atoms with Crippen LogP contribution in [0.2, 0.25) is 0 Å². The highest BCUT2D eigenvalue weighted by Gasteiger charge is 2.35. The van der Waals surface area contributed by atoms with Crippen molar-refractivity contribution in [2.45, 2.75) is 52.1 Å². The lowest BCUT2D eigenvalue weighted by molar-refractivity contribution is 0.00718. The molecular weight excluding hydrogens is 242 g/mol. The highest BCUT2D eigenvalue weighted by molar-refractivity contribution is 5.03. The molecule has 108 valence electrons. The van der Waals surface area contributed by atoms with Crippen LogP contribution in [0, 0.1) is 11.3 Å². The van der Waals surface area contributed by atoms with Crippen LogP contribution in [0.4, 0.5) is 0 Å². The summed E-state index contributed by atoms with van der Waals surface area (Å²) < 4.78 is 11.0. The van der Waals surface area contributed by atoms with E-state index in [2.05, 4.69) is 30.9 Å². The zero-order chi connectivity index (χ0) is 14.0. The highest BCUT2D eigenvalue weighted by Crippen LogP contribution is 2.40. The van der Waals surface area contributed by atoms with E-state index in [1.807, 2.05) is 0 Å². The molecule has 1 aliphatic carbocycles. The van der Waals surface area contributed by atoms with Crippen LogP contribution >= 0.6 is 0 Å². The summed E-state index contributed by atoms with van der Waals surface area (Å²) in [5.74, 6) is 2.18. The minimum atomic E-state index is -0.150. The van der Waals surface area contributed by atoms with Gasteiger partial charge in [-0.15, -0.1) is 0 Å². The van der Waals surface area contributed by atoms with Crippen molar-refractivity contribution in [2.75, 3.05) is 13.7 Å². The molecule has 0 aromatic carbocycles. The Morgan fingerprint density at radius 2 is 2.16 bits per heavy atom. The van der Waals surface area contributed by atoms with Gasteiger partial charge in [-0.05, 0) is 30.7 Å². The molecule has 1 saturated carbocycles. The maximum atomic E-state index is 5.81. The van der Waals surface area contributed by atoms with Crippen molar-refractivity contribution in [3.8, 4) is 0 Å². The van der Waals surface area contributed by atoms with Crippen LogP contribution < -0.4 is 5.73 Å². The molecule has 0 bridgehead atoms. The molecule has 2 rings (SSSR count). The Kier molecular flexibility index (Phi) is 4.26. The Hall–Kier alpha value is -0.940. The summed E-state index contributed by atoms with van der Waals surface area (Å²) in [6.07, 6.45) is 3.29. The van der Waals surface area contributed by atoms with Crippen molar-refractivity contribution in [2.24, 2.45) is 17.1 Å². The number of aromatic nitrogens is 2. The Morgan fingerprint density at radius 1 is 1.42 bits per heavy atom. The Bertz CT molecular complexity index is 411. The lowest BCUT2D eigenvalue weighted by atomic mass is 9.88. The number of hydrogen-bond acceptors (Lipinski definition) is 5. The second-order valence-corrected chi connectivity index (χ2v) is 6.51. The minimum absolute atomic E-state index is 0.0567. The first-order chi connectivity index (χ1) is 8.97. The monoisotopic (exact) mass is 267 g/mol. The predicted molar refractivity (Wildman–Crippen MR) is 72.6 cm³/mol. The fourth-order valence-corrected chi connectivity index (χ4v) is 2.99. The second kappa shape index (κ2) is 5.59. The third-order valence-corrected chi connectivity index (χ3v) is 3.99. The summed E-state index contributed by atoms with van der Waals surface area (Å²) in [5.41, 5.74) is 5.75. The van der Waals surface area contributed by atoms with Crippen molar-refractivity contribution >= 4 is 0 Å². The van der Waals surface area contributed by atoms with Crippen LogP contribution in [0.15, 0.2) is 4.52 Å². The molecule has 1 aliphatic rings. The molecule has 3 atom stereocenters. The highest BCUT2D eigenvalue weighted by atomic mass is 16.5. The molecule has 2 N–H and O–H groups in total. The zero-order valence-electron chi connectivity index (χ0n) is 12.3. The molecule has 5 nitrogen and oxygen atoms in total. The summed E-state index contributed by atoms with van der Waals surface area (Å²) in [4.78, 5) is 4.57. The molecule has 0 radical (unpaired) electrons. The molecule has 0 spiro atoms. The van der Waals surface area contributed by atoms with Crippen LogP contribution in [0.3, 0.4) is 0 Å². The summed E-state index contributed by atoms with van der Waals surface area (Å²) in [7, 11) is 1.68. The fraction of sp³-hybridized carbons (Fsp3) is 0.857. The van der Waals surface area contributed by atoms with E-state index >= 15 is 0 Å². The summed E-state index contributed by atoms with van der Waals surface area (Å²) in [6, 6.07) is 0. The first kappa shape index (κ1) is 14.5. The molecule has 0 amide bonds. The Labute approximate surface area is 114 Å². The van der Waals surface area contributed by atoms with Crippen LogP contribution in [0.25, 0.3) is 0 Å². The first-order valence-electron chi connectivity index (χ1n) is 7.03. The maximum Gasteiger partial charge on any atom is 0.230 e. The van der Waals surface area contributed by atoms with Crippen LogP contribution in [0.1, 0.15) is 63.8 Å². The third-order valence-electron chi connectivity index (χ3n) is 3.99. The van der Waals surface area contributed by atoms with Crippen LogP contribution in [-0.2, 0) is 4.74 Å². The van der Waals surface area contributed by atoms with E-state index in [1.165, 1.54) is 6.42 Å².